The molecule has 0 aliphatic heterocycles. The van der Waals surface area contributed by atoms with Crippen LogP contribution in [-0.4, -0.2) is 15.1 Å². The zero-order chi connectivity index (χ0) is 13.1. The van der Waals surface area contributed by atoms with E-state index in [0.717, 1.165) is 22.8 Å². The Balaban J connectivity index is 2.02. The molecule has 0 radical (unpaired) electrons. The Morgan fingerprint density at radius 1 is 1.17 bits per heavy atom. The lowest BCUT2D eigenvalue weighted by molar-refractivity contribution is 0.366. The fourth-order valence-electron chi connectivity index (χ4n) is 1.66. The summed E-state index contributed by atoms with van der Waals surface area (Å²) in [5.74, 6) is 1.87. The monoisotopic (exact) mass is 246 g/mol. The van der Waals surface area contributed by atoms with Crippen LogP contribution in [0.5, 0.6) is 0 Å². The molecule has 2 rings (SSSR count). The minimum Gasteiger partial charge on any atom is -0.361 e. The number of rotatable bonds is 4. The lowest BCUT2D eigenvalue weighted by Gasteiger charge is -2.04. The number of aromatic nitrogens is 3. The van der Waals surface area contributed by atoms with Crippen LogP contribution < -0.4 is 5.32 Å². The van der Waals surface area contributed by atoms with Crippen molar-refractivity contribution in [3.63, 3.8) is 0 Å². The average Bonchev–Trinajstić information content (AvgIpc) is 2.73. The first-order valence-corrected chi connectivity index (χ1v) is 6.06. The van der Waals surface area contributed by atoms with Crippen LogP contribution in [0.1, 0.15) is 42.6 Å². The van der Waals surface area contributed by atoms with Gasteiger partial charge in [0.05, 0.1) is 6.54 Å². The molecule has 0 saturated heterocycles. The minimum atomic E-state index is 0.351. The SMILES string of the molecule is Cc1cc(C)nc(NCc2cc(C(C)C)on2)n1. The summed E-state index contributed by atoms with van der Waals surface area (Å²) in [7, 11) is 0. The van der Waals surface area contributed by atoms with Gasteiger partial charge in [-0.25, -0.2) is 9.97 Å². The summed E-state index contributed by atoms with van der Waals surface area (Å²) in [6, 6.07) is 3.90. The van der Waals surface area contributed by atoms with E-state index in [1.54, 1.807) is 0 Å². The predicted molar refractivity (Wildman–Crippen MR) is 69.4 cm³/mol. The molecule has 0 spiro atoms. The van der Waals surface area contributed by atoms with Crippen LogP contribution in [0.4, 0.5) is 5.95 Å². The third kappa shape index (κ3) is 3.06. The molecular weight excluding hydrogens is 228 g/mol. The number of aryl methyl sites for hydroxylation is 2. The summed E-state index contributed by atoms with van der Waals surface area (Å²) < 4.78 is 5.23. The van der Waals surface area contributed by atoms with Gasteiger partial charge < -0.3 is 9.84 Å². The molecule has 18 heavy (non-hydrogen) atoms. The summed E-state index contributed by atoms with van der Waals surface area (Å²) in [6.07, 6.45) is 0. The first kappa shape index (κ1) is 12.5. The number of hydrogen-bond donors (Lipinski definition) is 1. The summed E-state index contributed by atoms with van der Waals surface area (Å²) in [6.45, 7) is 8.62. The Morgan fingerprint density at radius 2 is 1.83 bits per heavy atom. The Labute approximate surface area is 107 Å². The molecule has 2 heterocycles. The second kappa shape index (κ2) is 5.16. The van der Waals surface area contributed by atoms with E-state index in [1.165, 1.54) is 0 Å². The maximum Gasteiger partial charge on any atom is 0.223 e. The quantitative estimate of drug-likeness (QED) is 0.898. The maximum absolute atomic E-state index is 5.23. The molecule has 0 aliphatic carbocycles. The van der Waals surface area contributed by atoms with E-state index < -0.39 is 0 Å². The van der Waals surface area contributed by atoms with Crippen molar-refractivity contribution in [2.75, 3.05) is 5.32 Å². The average molecular weight is 246 g/mol. The highest BCUT2D eigenvalue weighted by Gasteiger charge is 2.08. The van der Waals surface area contributed by atoms with Crippen LogP contribution in [-0.2, 0) is 6.54 Å². The second-order valence-corrected chi connectivity index (χ2v) is 4.70. The van der Waals surface area contributed by atoms with Gasteiger partial charge in [0, 0.05) is 23.4 Å². The van der Waals surface area contributed by atoms with E-state index in [4.69, 9.17) is 4.52 Å². The van der Waals surface area contributed by atoms with Crippen molar-refractivity contribution in [1.82, 2.24) is 15.1 Å². The van der Waals surface area contributed by atoms with Gasteiger partial charge >= 0.3 is 0 Å². The molecule has 0 aromatic carbocycles. The van der Waals surface area contributed by atoms with E-state index in [0.29, 0.717) is 18.4 Å². The van der Waals surface area contributed by atoms with Crippen LogP contribution in [0.3, 0.4) is 0 Å². The van der Waals surface area contributed by atoms with E-state index in [9.17, 15) is 0 Å². The topological polar surface area (TPSA) is 63.8 Å². The molecule has 0 atom stereocenters. The molecule has 5 nitrogen and oxygen atoms in total. The van der Waals surface area contributed by atoms with Crippen LogP contribution in [0.15, 0.2) is 16.7 Å². The van der Waals surface area contributed by atoms with Crippen molar-refractivity contribution < 1.29 is 4.52 Å². The van der Waals surface area contributed by atoms with E-state index in [1.807, 2.05) is 26.0 Å². The van der Waals surface area contributed by atoms with Crippen molar-refractivity contribution in [3.05, 3.63) is 35.0 Å². The van der Waals surface area contributed by atoms with Crippen LogP contribution in [0, 0.1) is 13.8 Å². The van der Waals surface area contributed by atoms with Gasteiger partial charge in [0.15, 0.2) is 0 Å². The third-order valence-electron chi connectivity index (χ3n) is 2.56. The van der Waals surface area contributed by atoms with Crippen molar-refractivity contribution in [2.24, 2.45) is 0 Å². The van der Waals surface area contributed by atoms with E-state index >= 15 is 0 Å². The highest BCUT2D eigenvalue weighted by Crippen LogP contribution is 2.15. The number of hydrogen-bond acceptors (Lipinski definition) is 5. The molecule has 96 valence electrons. The molecule has 5 heteroatoms. The van der Waals surface area contributed by atoms with Gasteiger partial charge in [0.2, 0.25) is 5.95 Å². The Morgan fingerprint density at radius 3 is 2.39 bits per heavy atom. The van der Waals surface area contributed by atoms with Gasteiger partial charge in [-0.3, -0.25) is 0 Å². The highest BCUT2D eigenvalue weighted by atomic mass is 16.5. The Bertz CT molecular complexity index is 513. The van der Waals surface area contributed by atoms with Crippen molar-refractivity contribution in [1.29, 1.82) is 0 Å². The fraction of sp³-hybridized carbons (Fsp3) is 0.462. The molecule has 0 bridgehead atoms. The molecule has 0 saturated carbocycles. The Hall–Kier alpha value is -1.91. The van der Waals surface area contributed by atoms with E-state index in [2.05, 4.69) is 34.3 Å². The fourth-order valence-corrected chi connectivity index (χ4v) is 1.66. The standard InChI is InChI=1S/C13H18N4O/c1-8(2)12-6-11(17-18-12)7-14-13-15-9(3)5-10(4)16-13/h5-6,8H,7H2,1-4H3,(H,14,15,16). The number of anilines is 1. The molecule has 0 fully saturated rings. The summed E-state index contributed by atoms with van der Waals surface area (Å²) in [5.41, 5.74) is 2.77. The largest absolute Gasteiger partial charge is 0.361 e. The first-order valence-electron chi connectivity index (χ1n) is 6.06. The van der Waals surface area contributed by atoms with Gasteiger partial charge in [-0.15, -0.1) is 0 Å². The molecule has 0 aliphatic rings. The molecule has 0 unspecified atom stereocenters. The van der Waals surface area contributed by atoms with Gasteiger partial charge in [-0.2, -0.15) is 0 Å². The summed E-state index contributed by atoms with van der Waals surface area (Å²) in [5, 5.41) is 7.15. The lowest BCUT2D eigenvalue weighted by atomic mass is 10.1. The van der Waals surface area contributed by atoms with Gasteiger partial charge in [0.25, 0.3) is 0 Å². The summed E-state index contributed by atoms with van der Waals surface area (Å²) >= 11 is 0. The molecule has 2 aromatic rings. The zero-order valence-corrected chi connectivity index (χ0v) is 11.2. The first-order chi connectivity index (χ1) is 8.54. The normalized spacial score (nSPS) is 10.9. The van der Waals surface area contributed by atoms with Crippen LogP contribution in [0.25, 0.3) is 0 Å². The molecule has 2 aromatic heterocycles. The van der Waals surface area contributed by atoms with Gasteiger partial charge in [-0.05, 0) is 19.9 Å². The second-order valence-electron chi connectivity index (χ2n) is 4.70. The van der Waals surface area contributed by atoms with Crippen molar-refractivity contribution >= 4 is 5.95 Å². The van der Waals surface area contributed by atoms with E-state index in [-0.39, 0.29) is 0 Å². The molecular formula is C13H18N4O. The maximum atomic E-state index is 5.23. The van der Waals surface area contributed by atoms with Gasteiger partial charge in [0.1, 0.15) is 11.5 Å². The smallest absolute Gasteiger partial charge is 0.223 e. The van der Waals surface area contributed by atoms with Crippen LogP contribution in [0.2, 0.25) is 0 Å². The highest BCUT2D eigenvalue weighted by molar-refractivity contribution is 5.28. The summed E-state index contributed by atoms with van der Waals surface area (Å²) in [4.78, 5) is 8.62. The number of nitrogens with zero attached hydrogens (tertiary/aromatic N) is 3. The van der Waals surface area contributed by atoms with Crippen molar-refractivity contribution in [2.45, 2.75) is 40.2 Å². The zero-order valence-electron chi connectivity index (χ0n) is 11.2. The van der Waals surface area contributed by atoms with Crippen LogP contribution >= 0.6 is 0 Å². The lowest BCUT2D eigenvalue weighted by Crippen LogP contribution is -2.05. The molecule has 0 amide bonds. The Kier molecular flexibility index (Phi) is 3.60. The minimum absolute atomic E-state index is 0.351. The predicted octanol–water partition coefficient (Wildman–Crippen LogP) is 2.82. The third-order valence-corrected chi connectivity index (χ3v) is 2.56. The number of nitrogens with one attached hydrogen (secondary N) is 1. The molecule has 1 N–H and O–H groups in total. The van der Waals surface area contributed by atoms with Crippen molar-refractivity contribution in [3.8, 4) is 0 Å². The van der Waals surface area contributed by atoms with Gasteiger partial charge in [-0.1, -0.05) is 19.0 Å².